The van der Waals surface area contributed by atoms with Crippen LogP contribution >= 0.6 is 0 Å². The molecule has 0 aliphatic heterocycles. The lowest BCUT2D eigenvalue weighted by Gasteiger charge is -2.01. The maximum Gasteiger partial charge on any atom is 0.272 e. The lowest BCUT2D eigenvalue weighted by atomic mass is 10.1. The van der Waals surface area contributed by atoms with E-state index in [4.69, 9.17) is 0 Å². The highest BCUT2D eigenvalue weighted by Crippen LogP contribution is 2.44. The first-order valence-electron chi connectivity index (χ1n) is 4.29. The monoisotopic (exact) mass is 176 g/mol. The molecule has 1 aromatic carbocycles. The van der Waals surface area contributed by atoms with E-state index in [9.17, 15) is 10.1 Å². The van der Waals surface area contributed by atoms with Crippen LogP contribution in [0.3, 0.4) is 0 Å². The summed E-state index contributed by atoms with van der Waals surface area (Å²) in [5, 5.41) is 10.7. The second-order valence-corrected chi connectivity index (χ2v) is 3.42. The van der Waals surface area contributed by atoms with Gasteiger partial charge >= 0.3 is 0 Å². The minimum atomic E-state index is -0.312. The molecule has 1 aromatic rings. The van der Waals surface area contributed by atoms with E-state index in [1.165, 1.54) is 0 Å². The van der Waals surface area contributed by atoms with E-state index in [-0.39, 0.29) is 10.6 Å². The van der Waals surface area contributed by atoms with Crippen molar-refractivity contribution in [1.29, 1.82) is 0 Å². The molecule has 1 aliphatic rings. The fourth-order valence-corrected chi connectivity index (χ4v) is 1.49. The van der Waals surface area contributed by atoms with E-state index in [1.807, 2.05) is 6.07 Å². The fraction of sp³-hybridized carbons (Fsp3) is 0.300. The van der Waals surface area contributed by atoms with E-state index in [1.54, 1.807) is 12.1 Å². The summed E-state index contributed by atoms with van der Waals surface area (Å²) in [5.41, 5.74) is 1.96. The van der Waals surface area contributed by atoms with Crippen molar-refractivity contribution in [1.82, 2.24) is 0 Å². The van der Waals surface area contributed by atoms with Crippen LogP contribution in [0.5, 0.6) is 0 Å². The minimum Gasteiger partial charge on any atom is -0.258 e. The summed E-state index contributed by atoms with van der Waals surface area (Å²) in [7, 11) is 0. The van der Waals surface area contributed by atoms with Crippen molar-refractivity contribution in [2.24, 2.45) is 0 Å². The molecule has 0 saturated heterocycles. The lowest BCUT2D eigenvalue weighted by Crippen LogP contribution is -1.94. The number of benzene rings is 1. The number of hydrogen-bond donors (Lipinski definition) is 0. The average molecular weight is 176 g/mol. The van der Waals surface area contributed by atoms with Crippen molar-refractivity contribution >= 4 is 5.69 Å². The summed E-state index contributed by atoms with van der Waals surface area (Å²) >= 11 is 0. The lowest BCUT2D eigenvalue weighted by molar-refractivity contribution is -0.385. The van der Waals surface area contributed by atoms with Gasteiger partial charge in [0.1, 0.15) is 0 Å². The van der Waals surface area contributed by atoms with E-state index < -0.39 is 0 Å². The maximum absolute atomic E-state index is 10.7. The Kier molecular flexibility index (Phi) is 1.79. The van der Waals surface area contributed by atoms with Gasteiger partial charge in [-0.2, -0.15) is 0 Å². The highest BCUT2D eigenvalue weighted by molar-refractivity contribution is 5.47. The molecule has 67 valence electrons. The molecule has 2 rings (SSSR count). The van der Waals surface area contributed by atoms with Crippen molar-refractivity contribution < 1.29 is 4.92 Å². The molecular formula is C10H10NO2. The first kappa shape index (κ1) is 8.23. The van der Waals surface area contributed by atoms with Gasteiger partial charge in [0.2, 0.25) is 0 Å². The fourth-order valence-electron chi connectivity index (χ4n) is 1.49. The standard InChI is InChI=1S/C10H10NO2/c1-7-2-5-10(11(12)13)9(6-7)8-3-4-8/h2,5-6,8H,1,3-4H2. The molecule has 1 saturated carbocycles. The van der Waals surface area contributed by atoms with Gasteiger partial charge in [0.25, 0.3) is 5.69 Å². The summed E-state index contributed by atoms with van der Waals surface area (Å²) < 4.78 is 0. The Morgan fingerprint density at radius 1 is 1.46 bits per heavy atom. The zero-order valence-electron chi connectivity index (χ0n) is 7.19. The first-order chi connectivity index (χ1) is 6.18. The molecule has 0 aromatic heterocycles. The predicted octanol–water partition coefficient (Wildman–Crippen LogP) is 2.65. The molecule has 0 spiro atoms. The van der Waals surface area contributed by atoms with Gasteiger partial charge in [-0.25, -0.2) is 0 Å². The molecule has 0 atom stereocenters. The molecule has 1 radical (unpaired) electrons. The van der Waals surface area contributed by atoms with Crippen LogP contribution in [0.15, 0.2) is 18.2 Å². The zero-order valence-corrected chi connectivity index (χ0v) is 7.19. The topological polar surface area (TPSA) is 43.1 Å². The Bertz CT molecular complexity index is 356. The molecule has 3 heteroatoms. The molecule has 3 nitrogen and oxygen atoms in total. The van der Waals surface area contributed by atoms with Crippen LogP contribution in [0.1, 0.15) is 29.9 Å². The number of nitro benzene ring substituents is 1. The number of hydrogen-bond acceptors (Lipinski definition) is 2. The normalized spacial score (nSPS) is 15.8. The quantitative estimate of drug-likeness (QED) is 0.513. The summed E-state index contributed by atoms with van der Waals surface area (Å²) in [6, 6.07) is 5.07. The van der Waals surface area contributed by atoms with Gasteiger partial charge in [-0.15, -0.1) is 0 Å². The largest absolute Gasteiger partial charge is 0.272 e. The van der Waals surface area contributed by atoms with Crippen LogP contribution in [-0.4, -0.2) is 4.92 Å². The van der Waals surface area contributed by atoms with Crippen molar-refractivity contribution in [3.05, 3.63) is 46.4 Å². The van der Waals surface area contributed by atoms with E-state index in [0.717, 1.165) is 24.0 Å². The second kappa shape index (κ2) is 2.83. The van der Waals surface area contributed by atoms with Gasteiger partial charge in [0.05, 0.1) is 4.92 Å². The zero-order chi connectivity index (χ0) is 9.42. The molecule has 13 heavy (non-hydrogen) atoms. The van der Waals surface area contributed by atoms with Crippen LogP contribution in [0.25, 0.3) is 0 Å². The Morgan fingerprint density at radius 2 is 2.15 bits per heavy atom. The second-order valence-electron chi connectivity index (χ2n) is 3.42. The molecule has 0 N–H and O–H groups in total. The highest BCUT2D eigenvalue weighted by Gasteiger charge is 2.30. The predicted molar refractivity (Wildman–Crippen MR) is 49.5 cm³/mol. The van der Waals surface area contributed by atoms with Crippen LogP contribution in [0, 0.1) is 17.0 Å². The highest BCUT2D eigenvalue weighted by atomic mass is 16.6. The third-order valence-electron chi connectivity index (χ3n) is 2.31. The van der Waals surface area contributed by atoms with Gasteiger partial charge in [0, 0.05) is 11.6 Å². The third-order valence-corrected chi connectivity index (χ3v) is 2.31. The molecule has 0 amide bonds. The average Bonchev–Trinajstić information content (AvgIpc) is 2.85. The van der Waals surface area contributed by atoms with Gasteiger partial charge in [-0.1, -0.05) is 6.07 Å². The summed E-state index contributed by atoms with van der Waals surface area (Å²) in [4.78, 5) is 10.3. The van der Waals surface area contributed by atoms with Gasteiger partial charge < -0.3 is 0 Å². The van der Waals surface area contributed by atoms with Crippen LogP contribution in [0.2, 0.25) is 0 Å². The first-order valence-corrected chi connectivity index (χ1v) is 4.29. The smallest absolute Gasteiger partial charge is 0.258 e. The van der Waals surface area contributed by atoms with E-state index in [2.05, 4.69) is 6.92 Å². The van der Waals surface area contributed by atoms with Gasteiger partial charge in [-0.3, -0.25) is 10.1 Å². The molecule has 0 heterocycles. The Morgan fingerprint density at radius 3 is 2.69 bits per heavy atom. The molecule has 0 bridgehead atoms. The molecule has 1 aliphatic carbocycles. The Balaban J connectivity index is 2.47. The van der Waals surface area contributed by atoms with E-state index in [0.29, 0.717) is 5.92 Å². The summed E-state index contributed by atoms with van der Waals surface area (Å²) in [5.74, 6) is 0.405. The molecular weight excluding hydrogens is 166 g/mol. The SMILES string of the molecule is [CH2]c1ccc([N+](=O)[O-])c(C2CC2)c1. The molecule has 0 unspecified atom stereocenters. The Hall–Kier alpha value is -1.38. The maximum atomic E-state index is 10.7. The summed E-state index contributed by atoms with van der Waals surface area (Å²) in [6.07, 6.45) is 2.15. The minimum absolute atomic E-state index is 0.245. The van der Waals surface area contributed by atoms with Crippen LogP contribution < -0.4 is 0 Å². The van der Waals surface area contributed by atoms with Gasteiger partial charge in [-0.05, 0) is 37.3 Å². The van der Waals surface area contributed by atoms with Crippen molar-refractivity contribution in [2.75, 3.05) is 0 Å². The third kappa shape index (κ3) is 1.54. The van der Waals surface area contributed by atoms with Crippen LogP contribution in [0.4, 0.5) is 5.69 Å². The van der Waals surface area contributed by atoms with Crippen molar-refractivity contribution in [3.63, 3.8) is 0 Å². The van der Waals surface area contributed by atoms with Crippen molar-refractivity contribution in [3.8, 4) is 0 Å². The van der Waals surface area contributed by atoms with Crippen molar-refractivity contribution in [2.45, 2.75) is 18.8 Å². The summed E-state index contributed by atoms with van der Waals surface area (Å²) in [6.45, 7) is 3.77. The number of rotatable bonds is 2. The van der Waals surface area contributed by atoms with E-state index >= 15 is 0 Å². The van der Waals surface area contributed by atoms with Gasteiger partial charge in [0.15, 0.2) is 0 Å². The molecule has 1 fully saturated rings. The Labute approximate surface area is 76.5 Å². The number of nitro groups is 1. The number of nitrogens with zero attached hydrogens (tertiary/aromatic N) is 1. The van der Waals surface area contributed by atoms with Crippen LogP contribution in [-0.2, 0) is 0 Å².